The van der Waals surface area contributed by atoms with E-state index in [4.69, 9.17) is 17.3 Å². The largest absolute Gasteiger partial charge is 0.383 e. The first kappa shape index (κ1) is 22.4. The normalized spacial score (nSPS) is 15.7. The van der Waals surface area contributed by atoms with Crippen molar-refractivity contribution in [1.29, 1.82) is 0 Å². The van der Waals surface area contributed by atoms with Crippen LogP contribution >= 0.6 is 11.6 Å². The van der Waals surface area contributed by atoms with Crippen molar-refractivity contribution < 1.29 is 8.78 Å². The van der Waals surface area contributed by atoms with Gasteiger partial charge < -0.3 is 16.0 Å². The zero-order valence-electron chi connectivity index (χ0n) is 17.7. The number of hydrogen-bond acceptors (Lipinski definition) is 6. The summed E-state index contributed by atoms with van der Waals surface area (Å²) in [6, 6.07) is 11.1. The molecule has 168 valence electrons. The van der Waals surface area contributed by atoms with Gasteiger partial charge in [0.1, 0.15) is 29.6 Å². The third-order valence-corrected chi connectivity index (χ3v) is 6.06. The molecular weight excluding hydrogens is 434 g/mol. The van der Waals surface area contributed by atoms with E-state index < -0.39 is 5.82 Å². The molecule has 1 unspecified atom stereocenters. The van der Waals surface area contributed by atoms with Gasteiger partial charge in [0, 0.05) is 38.8 Å². The SMILES string of the molecule is CNCC(c1ccc(F)c(Cl)c1)N1CCN(c2ncnc(N)c2-c2ccc(F)cc2)CC1. The van der Waals surface area contributed by atoms with Crippen LogP contribution in [0.2, 0.25) is 5.02 Å². The summed E-state index contributed by atoms with van der Waals surface area (Å²) in [5.74, 6) is 0.366. The molecule has 0 bridgehead atoms. The third-order valence-electron chi connectivity index (χ3n) is 5.77. The molecule has 2 heterocycles. The number of nitrogens with zero attached hydrogens (tertiary/aromatic N) is 4. The Balaban J connectivity index is 1.55. The second-order valence-electron chi connectivity index (χ2n) is 7.73. The Bertz CT molecular complexity index is 1070. The number of aromatic nitrogens is 2. The van der Waals surface area contributed by atoms with E-state index in [0.29, 0.717) is 17.9 Å². The van der Waals surface area contributed by atoms with Crippen molar-refractivity contribution in [3.63, 3.8) is 0 Å². The van der Waals surface area contributed by atoms with E-state index in [0.717, 1.165) is 43.1 Å². The maximum absolute atomic E-state index is 13.7. The Hall–Kier alpha value is -2.81. The van der Waals surface area contributed by atoms with Gasteiger partial charge in [-0.05, 0) is 42.4 Å². The molecule has 6 nitrogen and oxygen atoms in total. The highest BCUT2D eigenvalue weighted by molar-refractivity contribution is 6.30. The van der Waals surface area contributed by atoms with E-state index in [-0.39, 0.29) is 16.9 Å². The number of anilines is 2. The molecule has 2 aromatic carbocycles. The summed E-state index contributed by atoms with van der Waals surface area (Å²) in [6.45, 7) is 3.70. The highest BCUT2D eigenvalue weighted by Crippen LogP contribution is 2.34. The van der Waals surface area contributed by atoms with Gasteiger partial charge in [0.15, 0.2) is 0 Å². The van der Waals surface area contributed by atoms with Crippen LogP contribution in [0, 0.1) is 11.6 Å². The minimum absolute atomic E-state index is 0.0623. The predicted octanol–water partition coefficient (Wildman–Crippen LogP) is 3.74. The molecule has 3 aromatic rings. The Morgan fingerprint density at radius 3 is 2.44 bits per heavy atom. The number of nitrogens with two attached hydrogens (primary N) is 1. The van der Waals surface area contributed by atoms with Gasteiger partial charge in [0.2, 0.25) is 0 Å². The van der Waals surface area contributed by atoms with Crippen molar-refractivity contribution >= 4 is 23.2 Å². The van der Waals surface area contributed by atoms with Crippen LogP contribution in [0.5, 0.6) is 0 Å². The first-order valence-electron chi connectivity index (χ1n) is 10.4. The van der Waals surface area contributed by atoms with Crippen LogP contribution in [-0.2, 0) is 0 Å². The Labute approximate surface area is 191 Å². The smallest absolute Gasteiger partial charge is 0.142 e. The monoisotopic (exact) mass is 458 g/mol. The van der Waals surface area contributed by atoms with E-state index in [1.807, 2.05) is 7.05 Å². The Morgan fingerprint density at radius 2 is 1.78 bits per heavy atom. The van der Waals surface area contributed by atoms with Gasteiger partial charge in [-0.3, -0.25) is 4.90 Å². The molecule has 1 fully saturated rings. The molecule has 32 heavy (non-hydrogen) atoms. The summed E-state index contributed by atoms with van der Waals surface area (Å²) in [5.41, 5.74) is 8.63. The average molecular weight is 459 g/mol. The first-order chi connectivity index (χ1) is 15.5. The Kier molecular flexibility index (Phi) is 6.83. The molecule has 9 heteroatoms. The standard InChI is InChI=1S/C23H25ClF2N6/c1-28-13-20(16-4-7-19(26)18(24)12-16)31-8-10-32(11-9-31)23-21(22(27)29-14-30-23)15-2-5-17(25)6-3-15/h2-7,12,14,20,28H,8-11,13H2,1H3,(H2,27,29,30). The van der Waals surface area contributed by atoms with Crippen molar-refractivity contribution in [1.82, 2.24) is 20.2 Å². The lowest BCUT2D eigenvalue weighted by Gasteiger charge is -2.40. The molecule has 0 aliphatic carbocycles. The summed E-state index contributed by atoms with van der Waals surface area (Å²) >= 11 is 6.03. The summed E-state index contributed by atoms with van der Waals surface area (Å²) in [7, 11) is 1.90. The molecule has 1 aromatic heterocycles. The van der Waals surface area contributed by atoms with Gasteiger partial charge in [-0.1, -0.05) is 29.8 Å². The topological polar surface area (TPSA) is 70.3 Å². The number of hydrogen-bond donors (Lipinski definition) is 2. The molecule has 0 amide bonds. The molecule has 0 spiro atoms. The minimum Gasteiger partial charge on any atom is -0.383 e. The lowest BCUT2D eigenvalue weighted by atomic mass is 10.0. The van der Waals surface area contributed by atoms with Crippen LogP contribution in [0.1, 0.15) is 11.6 Å². The van der Waals surface area contributed by atoms with Crippen LogP contribution in [0.4, 0.5) is 20.4 Å². The van der Waals surface area contributed by atoms with E-state index in [2.05, 4.69) is 25.1 Å². The molecule has 3 N–H and O–H groups in total. The van der Waals surface area contributed by atoms with Crippen molar-refractivity contribution in [3.8, 4) is 11.1 Å². The highest BCUT2D eigenvalue weighted by atomic mass is 35.5. The number of rotatable bonds is 6. The molecular formula is C23H25ClF2N6. The number of likely N-dealkylation sites (N-methyl/N-ethyl adjacent to an activating group) is 1. The Morgan fingerprint density at radius 1 is 1.06 bits per heavy atom. The molecule has 0 saturated carbocycles. The third kappa shape index (κ3) is 4.67. The number of benzene rings is 2. The van der Waals surface area contributed by atoms with Gasteiger partial charge >= 0.3 is 0 Å². The molecule has 1 aliphatic heterocycles. The minimum atomic E-state index is -0.418. The number of nitrogens with one attached hydrogen (secondary N) is 1. The number of halogens is 3. The van der Waals surface area contributed by atoms with Gasteiger partial charge in [-0.2, -0.15) is 0 Å². The second-order valence-corrected chi connectivity index (χ2v) is 8.14. The van der Waals surface area contributed by atoms with Crippen LogP contribution < -0.4 is 16.0 Å². The van der Waals surface area contributed by atoms with Gasteiger partial charge in [-0.15, -0.1) is 0 Å². The zero-order chi connectivity index (χ0) is 22.7. The van der Waals surface area contributed by atoms with Crippen molar-refractivity contribution in [3.05, 3.63) is 71.0 Å². The van der Waals surface area contributed by atoms with E-state index >= 15 is 0 Å². The van der Waals surface area contributed by atoms with Gasteiger partial charge in [0.25, 0.3) is 0 Å². The highest BCUT2D eigenvalue weighted by Gasteiger charge is 2.27. The summed E-state index contributed by atoms with van der Waals surface area (Å²) in [6.07, 6.45) is 1.45. The van der Waals surface area contributed by atoms with Crippen LogP contribution in [-0.4, -0.2) is 54.6 Å². The number of nitrogen functional groups attached to an aromatic ring is 1. The lowest BCUT2D eigenvalue weighted by Crippen LogP contribution is -2.49. The molecule has 1 atom stereocenters. The fraction of sp³-hybridized carbons (Fsp3) is 0.304. The second kappa shape index (κ2) is 9.77. The quantitative estimate of drug-likeness (QED) is 0.586. The number of piperazine rings is 1. The van der Waals surface area contributed by atoms with E-state index in [1.165, 1.54) is 24.5 Å². The molecule has 4 rings (SSSR count). The van der Waals surface area contributed by atoms with Crippen molar-refractivity contribution in [2.45, 2.75) is 6.04 Å². The fourth-order valence-electron chi connectivity index (χ4n) is 4.14. The van der Waals surface area contributed by atoms with Crippen molar-refractivity contribution in [2.75, 3.05) is 50.4 Å². The van der Waals surface area contributed by atoms with Crippen LogP contribution in [0.15, 0.2) is 48.8 Å². The fourth-order valence-corrected chi connectivity index (χ4v) is 4.33. The zero-order valence-corrected chi connectivity index (χ0v) is 18.5. The van der Waals surface area contributed by atoms with Gasteiger partial charge in [-0.25, -0.2) is 18.7 Å². The lowest BCUT2D eigenvalue weighted by molar-refractivity contribution is 0.183. The van der Waals surface area contributed by atoms with Crippen LogP contribution in [0.25, 0.3) is 11.1 Å². The molecule has 1 aliphatic rings. The van der Waals surface area contributed by atoms with E-state index in [1.54, 1.807) is 24.3 Å². The molecule has 1 saturated heterocycles. The summed E-state index contributed by atoms with van der Waals surface area (Å²) < 4.78 is 27.1. The van der Waals surface area contributed by atoms with Crippen molar-refractivity contribution in [2.24, 2.45) is 0 Å². The predicted molar refractivity (Wildman–Crippen MR) is 124 cm³/mol. The summed E-state index contributed by atoms with van der Waals surface area (Å²) in [5, 5.41) is 3.35. The van der Waals surface area contributed by atoms with Gasteiger partial charge in [0.05, 0.1) is 10.6 Å². The van der Waals surface area contributed by atoms with E-state index in [9.17, 15) is 8.78 Å². The van der Waals surface area contributed by atoms with Crippen LogP contribution in [0.3, 0.4) is 0 Å². The molecule has 0 radical (unpaired) electrons. The average Bonchev–Trinajstić information content (AvgIpc) is 2.80. The summed E-state index contributed by atoms with van der Waals surface area (Å²) in [4.78, 5) is 13.2. The maximum Gasteiger partial charge on any atom is 0.142 e. The first-order valence-corrected chi connectivity index (χ1v) is 10.8. The maximum atomic E-state index is 13.7.